The fourth-order valence-corrected chi connectivity index (χ4v) is 5.94. The van der Waals surface area contributed by atoms with Crippen molar-refractivity contribution in [2.75, 3.05) is 26.2 Å². The SMILES string of the molecule is O=C(C1CC(c2ccc(Cl)s2)=NO1)N1CCN(S(=O)(=O)Cc2ccccc2)CC1. The predicted molar refractivity (Wildman–Crippen MR) is 113 cm³/mol. The highest BCUT2D eigenvalue weighted by molar-refractivity contribution is 7.88. The van der Waals surface area contributed by atoms with E-state index >= 15 is 0 Å². The lowest BCUT2D eigenvalue weighted by Crippen LogP contribution is -2.53. The van der Waals surface area contributed by atoms with Crippen molar-refractivity contribution in [1.29, 1.82) is 0 Å². The summed E-state index contributed by atoms with van der Waals surface area (Å²) in [5, 5.41) is 4.03. The summed E-state index contributed by atoms with van der Waals surface area (Å²) in [6.45, 7) is 1.24. The molecule has 7 nitrogen and oxygen atoms in total. The Morgan fingerprint density at radius 1 is 1.14 bits per heavy atom. The molecule has 1 aromatic heterocycles. The number of sulfonamides is 1. The number of carbonyl (C=O) groups is 1. The van der Waals surface area contributed by atoms with Crippen LogP contribution in [0.3, 0.4) is 0 Å². The van der Waals surface area contributed by atoms with Crippen LogP contribution in [0, 0.1) is 0 Å². The van der Waals surface area contributed by atoms with Crippen LogP contribution in [0.2, 0.25) is 4.34 Å². The molecule has 0 bridgehead atoms. The number of hydrogen-bond donors (Lipinski definition) is 0. The standard InChI is InChI=1S/C19H20ClN3O4S2/c20-18-7-6-17(28-18)15-12-16(27-21-15)19(24)22-8-10-23(11-9-22)29(25,26)13-14-4-2-1-3-5-14/h1-7,16H,8-13H2. The molecule has 1 atom stereocenters. The zero-order valence-electron chi connectivity index (χ0n) is 15.5. The summed E-state index contributed by atoms with van der Waals surface area (Å²) in [6, 6.07) is 12.7. The summed E-state index contributed by atoms with van der Waals surface area (Å²) in [5.41, 5.74) is 1.47. The number of benzene rings is 1. The number of oxime groups is 1. The van der Waals surface area contributed by atoms with Crippen molar-refractivity contribution in [3.63, 3.8) is 0 Å². The number of halogens is 1. The maximum Gasteiger partial charge on any atom is 0.266 e. The smallest absolute Gasteiger partial charge is 0.266 e. The van der Waals surface area contributed by atoms with E-state index in [-0.39, 0.29) is 24.7 Å². The Morgan fingerprint density at radius 3 is 2.52 bits per heavy atom. The predicted octanol–water partition coefficient (Wildman–Crippen LogP) is 2.57. The highest BCUT2D eigenvalue weighted by Gasteiger charge is 2.36. The van der Waals surface area contributed by atoms with Gasteiger partial charge in [-0.1, -0.05) is 47.1 Å². The third kappa shape index (κ3) is 4.63. The van der Waals surface area contributed by atoms with Gasteiger partial charge in [-0.15, -0.1) is 11.3 Å². The van der Waals surface area contributed by atoms with Gasteiger partial charge in [0.2, 0.25) is 16.1 Å². The molecule has 0 radical (unpaired) electrons. The van der Waals surface area contributed by atoms with Crippen LogP contribution in [0.1, 0.15) is 16.9 Å². The van der Waals surface area contributed by atoms with Crippen LogP contribution in [0.25, 0.3) is 0 Å². The molecule has 1 unspecified atom stereocenters. The average molecular weight is 454 g/mol. The molecule has 154 valence electrons. The van der Waals surface area contributed by atoms with Gasteiger partial charge in [0.05, 0.1) is 15.0 Å². The molecule has 2 aliphatic heterocycles. The molecule has 0 saturated carbocycles. The molecule has 2 aromatic rings. The lowest BCUT2D eigenvalue weighted by Gasteiger charge is -2.34. The second-order valence-electron chi connectivity index (χ2n) is 6.91. The molecule has 2 aliphatic rings. The molecular weight excluding hydrogens is 434 g/mol. The Hall–Kier alpha value is -1.94. The molecule has 3 heterocycles. The van der Waals surface area contributed by atoms with Crippen LogP contribution in [0.15, 0.2) is 47.6 Å². The molecule has 1 saturated heterocycles. The Balaban J connectivity index is 1.31. The maximum atomic E-state index is 12.8. The van der Waals surface area contributed by atoms with E-state index in [1.54, 1.807) is 23.1 Å². The highest BCUT2D eigenvalue weighted by Crippen LogP contribution is 2.27. The van der Waals surface area contributed by atoms with Crippen LogP contribution in [0.4, 0.5) is 0 Å². The number of thiophene rings is 1. The van der Waals surface area contributed by atoms with E-state index in [4.69, 9.17) is 16.4 Å². The van der Waals surface area contributed by atoms with Gasteiger partial charge in [0.25, 0.3) is 5.91 Å². The van der Waals surface area contributed by atoms with Gasteiger partial charge in [-0.3, -0.25) is 4.79 Å². The van der Waals surface area contributed by atoms with Gasteiger partial charge in [0.15, 0.2) is 0 Å². The van der Waals surface area contributed by atoms with Crippen molar-refractivity contribution < 1.29 is 18.0 Å². The lowest BCUT2D eigenvalue weighted by molar-refractivity contribution is -0.143. The highest BCUT2D eigenvalue weighted by atomic mass is 35.5. The van der Waals surface area contributed by atoms with E-state index in [0.29, 0.717) is 29.6 Å². The Bertz CT molecular complexity index is 1020. The van der Waals surface area contributed by atoms with E-state index in [1.165, 1.54) is 15.6 Å². The molecule has 4 rings (SSSR count). The van der Waals surface area contributed by atoms with Gasteiger partial charge >= 0.3 is 0 Å². The zero-order valence-corrected chi connectivity index (χ0v) is 17.9. The van der Waals surface area contributed by atoms with Crippen LogP contribution in [-0.2, 0) is 25.4 Å². The fraction of sp³-hybridized carbons (Fsp3) is 0.368. The monoisotopic (exact) mass is 453 g/mol. The normalized spacial score (nSPS) is 20.4. The van der Waals surface area contributed by atoms with Crippen LogP contribution >= 0.6 is 22.9 Å². The van der Waals surface area contributed by atoms with Crippen molar-refractivity contribution in [2.45, 2.75) is 18.3 Å². The van der Waals surface area contributed by atoms with Crippen molar-refractivity contribution in [3.8, 4) is 0 Å². The summed E-state index contributed by atoms with van der Waals surface area (Å²) >= 11 is 7.35. The minimum absolute atomic E-state index is 0.0336. The molecule has 0 N–H and O–H groups in total. The minimum atomic E-state index is -3.42. The minimum Gasteiger partial charge on any atom is -0.382 e. The number of piperazine rings is 1. The van der Waals surface area contributed by atoms with E-state index in [9.17, 15) is 13.2 Å². The topological polar surface area (TPSA) is 79.3 Å². The Morgan fingerprint density at radius 2 is 1.86 bits per heavy atom. The molecule has 0 aliphatic carbocycles. The first kappa shape index (κ1) is 20.3. The molecular formula is C19H20ClN3O4S2. The first-order valence-corrected chi connectivity index (χ1v) is 12.0. The largest absolute Gasteiger partial charge is 0.382 e. The van der Waals surface area contributed by atoms with E-state index in [0.717, 1.165) is 10.4 Å². The molecule has 10 heteroatoms. The summed E-state index contributed by atoms with van der Waals surface area (Å²) in [7, 11) is -3.42. The van der Waals surface area contributed by atoms with Crippen molar-refractivity contribution >= 4 is 44.6 Å². The van der Waals surface area contributed by atoms with E-state index in [2.05, 4.69) is 5.16 Å². The molecule has 0 spiro atoms. The number of amides is 1. The van der Waals surface area contributed by atoms with Crippen LogP contribution in [0.5, 0.6) is 0 Å². The number of carbonyl (C=O) groups excluding carboxylic acids is 1. The molecule has 29 heavy (non-hydrogen) atoms. The van der Waals surface area contributed by atoms with Crippen LogP contribution < -0.4 is 0 Å². The van der Waals surface area contributed by atoms with Gasteiger partial charge in [0, 0.05) is 32.6 Å². The maximum absolute atomic E-state index is 12.8. The van der Waals surface area contributed by atoms with E-state index < -0.39 is 16.1 Å². The second-order valence-corrected chi connectivity index (χ2v) is 10.6. The third-order valence-corrected chi connectivity index (χ3v) is 8.07. The average Bonchev–Trinajstić information content (AvgIpc) is 3.37. The number of nitrogens with zero attached hydrogens (tertiary/aromatic N) is 3. The van der Waals surface area contributed by atoms with Crippen molar-refractivity contribution in [2.24, 2.45) is 5.16 Å². The number of rotatable bonds is 5. The summed E-state index contributed by atoms with van der Waals surface area (Å²) in [5.74, 6) is -0.194. The van der Waals surface area contributed by atoms with Gasteiger partial charge in [-0.2, -0.15) is 4.31 Å². The second kappa shape index (κ2) is 8.43. The summed E-state index contributed by atoms with van der Waals surface area (Å²) in [6.07, 6.45) is -0.277. The van der Waals surface area contributed by atoms with Crippen molar-refractivity contribution in [1.82, 2.24) is 9.21 Å². The Labute approximate surface area is 178 Å². The third-order valence-electron chi connectivity index (χ3n) is 4.94. The van der Waals surface area contributed by atoms with Gasteiger partial charge < -0.3 is 9.74 Å². The van der Waals surface area contributed by atoms with Gasteiger partial charge in [-0.25, -0.2) is 8.42 Å². The lowest BCUT2D eigenvalue weighted by atomic mass is 10.1. The fourth-order valence-electron chi connectivity index (χ4n) is 3.39. The molecule has 1 aromatic carbocycles. The quantitative estimate of drug-likeness (QED) is 0.697. The Kier molecular flexibility index (Phi) is 5.91. The first-order chi connectivity index (χ1) is 13.9. The first-order valence-electron chi connectivity index (χ1n) is 9.21. The number of hydrogen-bond acceptors (Lipinski definition) is 6. The summed E-state index contributed by atoms with van der Waals surface area (Å²) in [4.78, 5) is 20.7. The van der Waals surface area contributed by atoms with Crippen molar-refractivity contribution in [3.05, 3.63) is 57.2 Å². The van der Waals surface area contributed by atoms with E-state index in [1.807, 2.05) is 24.3 Å². The summed E-state index contributed by atoms with van der Waals surface area (Å²) < 4.78 is 27.4. The molecule has 1 fully saturated rings. The zero-order chi connectivity index (χ0) is 20.4. The van der Waals surface area contributed by atoms with Gasteiger partial charge in [0.1, 0.15) is 5.71 Å². The van der Waals surface area contributed by atoms with Gasteiger partial charge in [-0.05, 0) is 17.7 Å². The molecule has 1 amide bonds. The van der Waals surface area contributed by atoms with Crippen LogP contribution in [-0.4, -0.2) is 61.5 Å².